The topological polar surface area (TPSA) is 29.5 Å². The van der Waals surface area contributed by atoms with Gasteiger partial charge < -0.3 is 8.39 Å². The molecule has 226 valence electrons. The Kier molecular flexibility index (Phi) is 6.82. The first-order valence-corrected chi connectivity index (χ1v) is 17.3. The summed E-state index contributed by atoms with van der Waals surface area (Å²) in [5.41, 5.74) is 4.18. The van der Waals surface area contributed by atoms with Crippen LogP contribution in [0, 0.1) is 0 Å². The van der Waals surface area contributed by atoms with E-state index in [-0.39, 0.29) is 6.04 Å². The molecule has 0 saturated heterocycles. The summed E-state index contributed by atoms with van der Waals surface area (Å²) in [4.78, 5) is 0. The molecule has 4 heteroatoms. The first-order chi connectivity index (χ1) is 23.2. The fourth-order valence-electron chi connectivity index (χ4n) is 7.14. The van der Waals surface area contributed by atoms with E-state index in [9.17, 15) is 0 Å². The third kappa shape index (κ3) is 4.79. The zero-order valence-corrected chi connectivity index (χ0v) is 26.9. The third-order valence-electron chi connectivity index (χ3n) is 9.53. The summed E-state index contributed by atoms with van der Waals surface area (Å²) < 4.78 is 16.8. The van der Waals surface area contributed by atoms with Gasteiger partial charge in [-0.3, -0.25) is 0 Å². The number of hydrogen-bond donors (Lipinski definition) is 0. The lowest BCUT2D eigenvalue weighted by Crippen LogP contribution is -2.23. The van der Waals surface area contributed by atoms with Crippen LogP contribution in [0.2, 0.25) is 0 Å². The number of benzene rings is 8. The lowest BCUT2D eigenvalue weighted by Gasteiger charge is -2.27. The van der Waals surface area contributed by atoms with Crippen LogP contribution in [0.25, 0.3) is 65.0 Å². The highest BCUT2D eigenvalue weighted by molar-refractivity contribution is 7.38. The summed E-state index contributed by atoms with van der Waals surface area (Å²) in [6, 6.07) is 56.2. The number of rotatable bonds is 5. The summed E-state index contributed by atoms with van der Waals surface area (Å²) in [5.74, 6) is 0. The van der Waals surface area contributed by atoms with Crippen molar-refractivity contribution >= 4 is 73.2 Å². The predicted molar refractivity (Wildman–Crippen MR) is 200 cm³/mol. The molecular weight excluding hydrogens is 593 g/mol. The largest absolute Gasteiger partial charge is 0.408 e. The lowest BCUT2D eigenvalue weighted by molar-refractivity contribution is 0.595. The van der Waals surface area contributed by atoms with Gasteiger partial charge in [0.1, 0.15) is 11.2 Å². The molecule has 1 heterocycles. The van der Waals surface area contributed by atoms with E-state index in [1.54, 1.807) is 0 Å². The van der Waals surface area contributed by atoms with Crippen molar-refractivity contribution in [1.29, 1.82) is 0 Å². The minimum Gasteiger partial charge on any atom is -0.408 e. The van der Waals surface area contributed by atoms with E-state index in [2.05, 4.69) is 169 Å². The first-order valence-electron chi connectivity index (χ1n) is 16.1. The van der Waals surface area contributed by atoms with Crippen LogP contribution in [0.3, 0.4) is 0 Å². The van der Waals surface area contributed by atoms with Crippen molar-refractivity contribution in [1.82, 2.24) is 0 Å². The monoisotopic (exact) mass is 625 g/mol. The molecule has 47 heavy (non-hydrogen) atoms. The zero-order valence-electron chi connectivity index (χ0n) is 26.0. The zero-order chi connectivity index (χ0) is 31.3. The van der Waals surface area contributed by atoms with Gasteiger partial charge in [-0.05, 0) is 79.3 Å². The van der Waals surface area contributed by atoms with Gasteiger partial charge in [-0.15, -0.1) is 0 Å². The standard InChI is InChI=1S/C43H32NO2P/c1-29(30-13-3-2-4-14-30)44(28-39-35-19-9-7-17-33(35)27-34-18-8-10-20-36(34)39)47-45-40-25-23-31-15-5-11-21-37(31)42(40)43-38-22-12-6-16-32(38)24-26-41(43)46-47/h2-27,29H,28H2,1H3/t29-/m1/s1. The van der Waals surface area contributed by atoms with E-state index in [1.807, 2.05) is 0 Å². The molecule has 1 atom stereocenters. The second-order valence-corrected chi connectivity index (χ2v) is 13.6. The van der Waals surface area contributed by atoms with Gasteiger partial charge in [0.25, 0.3) is 0 Å². The van der Waals surface area contributed by atoms with E-state index in [4.69, 9.17) is 8.39 Å². The maximum absolute atomic E-state index is 7.17. The average Bonchev–Trinajstić information content (AvgIpc) is 3.31. The molecule has 0 spiro atoms. The highest BCUT2D eigenvalue weighted by atomic mass is 31.1. The Morgan fingerprint density at radius 3 is 1.47 bits per heavy atom. The molecule has 9 aromatic rings. The Labute approximate surface area is 273 Å². The smallest absolute Gasteiger partial charge is 0.310 e. The van der Waals surface area contributed by atoms with Gasteiger partial charge in [-0.2, -0.15) is 4.67 Å². The van der Waals surface area contributed by atoms with Crippen LogP contribution in [-0.4, -0.2) is 0 Å². The Bertz CT molecular complexity index is 2490. The van der Waals surface area contributed by atoms with Crippen LogP contribution in [0.1, 0.15) is 24.1 Å². The molecule has 0 aliphatic heterocycles. The summed E-state index contributed by atoms with van der Waals surface area (Å²) >= 11 is 0. The molecule has 0 unspecified atom stereocenters. The Morgan fingerprint density at radius 1 is 0.489 bits per heavy atom. The van der Waals surface area contributed by atoms with Crippen LogP contribution >= 0.6 is 8.16 Å². The van der Waals surface area contributed by atoms with Crippen molar-refractivity contribution in [3.8, 4) is 0 Å². The van der Waals surface area contributed by atoms with Gasteiger partial charge in [-0.1, -0.05) is 140 Å². The van der Waals surface area contributed by atoms with Gasteiger partial charge in [0, 0.05) is 23.4 Å². The molecule has 3 nitrogen and oxygen atoms in total. The lowest BCUT2D eigenvalue weighted by atomic mass is 9.96. The van der Waals surface area contributed by atoms with E-state index in [0.29, 0.717) is 6.54 Å². The number of nitrogens with zero attached hydrogens (tertiary/aromatic N) is 1. The molecule has 0 fully saturated rings. The maximum atomic E-state index is 7.17. The van der Waals surface area contributed by atoms with Crippen molar-refractivity contribution in [3.63, 3.8) is 0 Å². The molecule has 9 rings (SSSR count). The van der Waals surface area contributed by atoms with E-state index >= 15 is 0 Å². The molecule has 0 aliphatic rings. The molecule has 0 radical (unpaired) electrons. The van der Waals surface area contributed by atoms with Crippen molar-refractivity contribution < 1.29 is 8.39 Å². The molecule has 0 saturated carbocycles. The minimum absolute atomic E-state index is 0.00551. The van der Waals surface area contributed by atoms with Crippen LogP contribution in [0.15, 0.2) is 166 Å². The molecule has 1 aromatic heterocycles. The third-order valence-corrected chi connectivity index (χ3v) is 11.1. The van der Waals surface area contributed by atoms with Gasteiger partial charge in [0.2, 0.25) is 0 Å². The fraction of sp³-hybridized carbons (Fsp3) is 0.0698. The molecule has 0 aliphatic carbocycles. The normalized spacial score (nSPS) is 12.6. The fourth-order valence-corrected chi connectivity index (χ4v) is 8.70. The van der Waals surface area contributed by atoms with Crippen LogP contribution in [-0.2, 0) is 6.54 Å². The average molecular weight is 626 g/mol. The highest BCUT2D eigenvalue weighted by Gasteiger charge is 2.25. The number of hydrogen-bond acceptors (Lipinski definition) is 3. The van der Waals surface area contributed by atoms with Gasteiger partial charge in [-0.25, -0.2) is 0 Å². The Hall–Kier alpha value is -5.34. The van der Waals surface area contributed by atoms with Gasteiger partial charge >= 0.3 is 8.16 Å². The molecule has 8 aromatic carbocycles. The van der Waals surface area contributed by atoms with Crippen LogP contribution in [0.4, 0.5) is 0 Å². The van der Waals surface area contributed by atoms with Crippen molar-refractivity contribution in [2.24, 2.45) is 0 Å². The first kappa shape index (κ1) is 27.9. The summed E-state index contributed by atoms with van der Waals surface area (Å²) in [7, 11) is -1.61. The summed E-state index contributed by atoms with van der Waals surface area (Å²) in [6.45, 7) is 2.92. The van der Waals surface area contributed by atoms with Gasteiger partial charge in [0.15, 0.2) is 0 Å². The van der Waals surface area contributed by atoms with E-state index in [1.165, 1.54) is 43.4 Å². The molecular formula is C43H32NO2P. The summed E-state index contributed by atoms with van der Waals surface area (Å²) in [5, 5.41) is 11.8. The Morgan fingerprint density at radius 2 is 0.936 bits per heavy atom. The maximum Gasteiger partial charge on any atom is 0.310 e. The Balaban J connectivity index is 1.38. The summed E-state index contributed by atoms with van der Waals surface area (Å²) in [6.07, 6.45) is 0. The van der Waals surface area contributed by atoms with Crippen molar-refractivity contribution in [2.75, 3.05) is 4.67 Å². The van der Waals surface area contributed by atoms with Crippen molar-refractivity contribution in [3.05, 3.63) is 169 Å². The second kappa shape index (κ2) is 11.5. The van der Waals surface area contributed by atoms with Crippen molar-refractivity contribution in [2.45, 2.75) is 19.5 Å². The molecule has 0 amide bonds. The second-order valence-electron chi connectivity index (χ2n) is 12.2. The quantitative estimate of drug-likeness (QED) is 0.178. The van der Waals surface area contributed by atoms with E-state index < -0.39 is 8.16 Å². The molecule has 0 bridgehead atoms. The van der Waals surface area contributed by atoms with E-state index in [0.717, 1.165) is 32.7 Å². The minimum atomic E-state index is -1.61. The predicted octanol–water partition coefficient (Wildman–Crippen LogP) is 12.8. The SMILES string of the molecule is C[C@H](c1ccccc1)N(Cc1c2ccccc2cc2ccccc12)p1oc2ccc3ccccc3c2c2c(ccc3ccccc32)o1. The number of fused-ring (bicyclic) bond motifs is 9. The van der Waals surface area contributed by atoms with Gasteiger partial charge in [0.05, 0.1) is 0 Å². The molecule has 0 N–H and O–H groups in total. The van der Waals surface area contributed by atoms with Crippen LogP contribution < -0.4 is 4.67 Å². The highest BCUT2D eigenvalue weighted by Crippen LogP contribution is 2.46. The van der Waals surface area contributed by atoms with Crippen LogP contribution in [0.5, 0.6) is 0 Å².